The van der Waals surface area contributed by atoms with Crippen LogP contribution < -0.4 is 5.32 Å². The smallest absolute Gasteiger partial charge is 0.411 e. The molecule has 0 spiro atoms. The van der Waals surface area contributed by atoms with Crippen LogP contribution in [0.25, 0.3) is 22.2 Å². The Morgan fingerprint density at radius 3 is 2.54 bits per heavy atom. The van der Waals surface area contributed by atoms with E-state index in [4.69, 9.17) is 9.84 Å². The van der Waals surface area contributed by atoms with Gasteiger partial charge in [0.1, 0.15) is 11.9 Å². The molecule has 6 rings (SSSR count). The largest absolute Gasteiger partial charge is 0.508 e. The van der Waals surface area contributed by atoms with Gasteiger partial charge in [0.05, 0.1) is 16.9 Å². The monoisotopic (exact) mass is 472 g/mol. The van der Waals surface area contributed by atoms with Gasteiger partial charge in [-0.25, -0.2) is 4.79 Å². The molecule has 1 amide bonds. The van der Waals surface area contributed by atoms with Gasteiger partial charge in [0.25, 0.3) is 0 Å². The zero-order chi connectivity index (χ0) is 24.1. The minimum absolute atomic E-state index is 0.0447. The lowest BCUT2D eigenvalue weighted by atomic mass is 9.92. The second-order valence-corrected chi connectivity index (χ2v) is 10.2. The van der Waals surface area contributed by atoms with E-state index >= 15 is 0 Å². The predicted octanol–water partition coefficient (Wildman–Crippen LogP) is 6.13. The van der Waals surface area contributed by atoms with Crippen LogP contribution in [0.5, 0.6) is 5.75 Å². The number of ether oxygens (including phenoxy) is 1. The summed E-state index contributed by atoms with van der Waals surface area (Å²) in [5.41, 5.74) is 6.21. The molecule has 1 unspecified atom stereocenters. The van der Waals surface area contributed by atoms with Crippen molar-refractivity contribution in [3.63, 3.8) is 0 Å². The number of rotatable bonds is 6. The summed E-state index contributed by atoms with van der Waals surface area (Å²) in [7, 11) is 2.01. The molecule has 2 saturated carbocycles. The maximum absolute atomic E-state index is 12.3. The molecule has 35 heavy (non-hydrogen) atoms. The second kappa shape index (κ2) is 8.63. The summed E-state index contributed by atoms with van der Waals surface area (Å²) in [6.07, 6.45) is 6.19. The number of benzene rings is 2. The molecule has 0 radical (unpaired) electrons. The summed E-state index contributed by atoms with van der Waals surface area (Å²) < 4.78 is 7.92. The highest BCUT2D eigenvalue weighted by atomic mass is 16.6. The van der Waals surface area contributed by atoms with Crippen LogP contribution in [-0.4, -0.2) is 46.2 Å². The fourth-order valence-corrected chi connectivity index (χ4v) is 5.34. The average Bonchev–Trinajstić information content (AvgIpc) is 3.50. The SMILES string of the molecule is CC(OC(=O)Nc1ccc(-c2c(C3=NN(C)CC3)c3ccc(O)cc3n2C2CCC2)cc1)C1CC1. The molecule has 1 aliphatic heterocycles. The first-order chi connectivity index (χ1) is 17.0. The number of fused-ring (bicyclic) bond motifs is 1. The van der Waals surface area contributed by atoms with Gasteiger partial charge in [-0.1, -0.05) is 12.1 Å². The van der Waals surface area contributed by atoms with E-state index in [-0.39, 0.29) is 11.9 Å². The fourth-order valence-electron chi connectivity index (χ4n) is 5.34. The van der Waals surface area contributed by atoms with Gasteiger partial charge in [-0.05, 0) is 74.8 Å². The van der Waals surface area contributed by atoms with Crippen molar-refractivity contribution in [2.24, 2.45) is 11.0 Å². The second-order valence-electron chi connectivity index (χ2n) is 10.2. The van der Waals surface area contributed by atoms with E-state index in [1.807, 2.05) is 43.2 Å². The Balaban J connectivity index is 1.40. The summed E-state index contributed by atoms with van der Waals surface area (Å²) in [5, 5.41) is 21.1. The lowest BCUT2D eigenvalue weighted by Gasteiger charge is -2.30. The van der Waals surface area contributed by atoms with Gasteiger partial charge in [0, 0.05) is 48.8 Å². The molecule has 2 heterocycles. The Bertz CT molecular complexity index is 1300. The zero-order valence-corrected chi connectivity index (χ0v) is 20.3. The number of hydrogen-bond donors (Lipinski definition) is 2. The van der Waals surface area contributed by atoms with Gasteiger partial charge in [0.2, 0.25) is 0 Å². The molecule has 2 aliphatic carbocycles. The number of hydrazone groups is 1. The molecule has 1 aromatic heterocycles. The van der Waals surface area contributed by atoms with Crippen molar-refractivity contribution in [2.75, 3.05) is 18.9 Å². The van der Waals surface area contributed by atoms with Crippen LogP contribution in [0.4, 0.5) is 10.5 Å². The van der Waals surface area contributed by atoms with Gasteiger partial charge in [0.15, 0.2) is 0 Å². The quantitative estimate of drug-likeness (QED) is 0.453. The number of nitrogens with zero attached hydrogens (tertiary/aromatic N) is 3. The van der Waals surface area contributed by atoms with Crippen molar-refractivity contribution >= 4 is 28.4 Å². The molecular weight excluding hydrogens is 440 g/mol. The lowest BCUT2D eigenvalue weighted by molar-refractivity contribution is 0.108. The Hall–Kier alpha value is -3.48. The summed E-state index contributed by atoms with van der Waals surface area (Å²) >= 11 is 0. The Labute approximate surface area is 205 Å². The fraction of sp³-hybridized carbons (Fsp3) is 0.429. The molecule has 0 saturated heterocycles. The predicted molar refractivity (Wildman–Crippen MR) is 138 cm³/mol. The molecule has 2 fully saturated rings. The highest BCUT2D eigenvalue weighted by Crippen LogP contribution is 2.44. The molecule has 3 aliphatic rings. The van der Waals surface area contributed by atoms with Crippen molar-refractivity contribution in [1.29, 1.82) is 0 Å². The van der Waals surface area contributed by atoms with Gasteiger partial charge >= 0.3 is 6.09 Å². The Kier molecular flexibility index (Phi) is 5.43. The standard InChI is InChI=1S/C28H32N4O3/c1-17(18-6-7-18)35-28(34)29-20-10-8-19(9-11-20)27-26(24-14-15-31(2)30-24)23-13-12-22(33)16-25(23)32(27)21-4-3-5-21/h8-13,16-18,21,33H,3-7,14-15H2,1-2H3,(H,29,34). The first-order valence-electron chi connectivity index (χ1n) is 12.7. The number of hydrogen-bond acceptors (Lipinski definition) is 5. The normalized spacial score (nSPS) is 18.9. The highest BCUT2D eigenvalue weighted by molar-refractivity contribution is 6.16. The van der Waals surface area contributed by atoms with Gasteiger partial charge < -0.3 is 14.4 Å². The Morgan fingerprint density at radius 1 is 1.14 bits per heavy atom. The number of nitrogens with one attached hydrogen (secondary N) is 1. The molecule has 7 heteroatoms. The maximum Gasteiger partial charge on any atom is 0.411 e. The number of aromatic hydroxyl groups is 1. The van der Waals surface area contributed by atoms with E-state index in [0.717, 1.165) is 72.1 Å². The van der Waals surface area contributed by atoms with E-state index in [1.165, 1.54) is 6.42 Å². The van der Waals surface area contributed by atoms with E-state index < -0.39 is 6.09 Å². The van der Waals surface area contributed by atoms with Crippen LogP contribution in [0.1, 0.15) is 57.1 Å². The number of phenols is 1. The van der Waals surface area contributed by atoms with E-state index in [9.17, 15) is 9.90 Å². The first kappa shape index (κ1) is 22.0. The van der Waals surface area contributed by atoms with Gasteiger partial charge in [-0.15, -0.1) is 0 Å². The summed E-state index contributed by atoms with van der Waals surface area (Å²) in [5.74, 6) is 0.782. The molecule has 182 valence electrons. The van der Waals surface area contributed by atoms with Crippen LogP contribution in [0, 0.1) is 5.92 Å². The van der Waals surface area contributed by atoms with Crippen LogP contribution in [0.2, 0.25) is 0 Å². The average molecular weight is 473 g/mol. The summed E-state index contributed by atoms with van der Waals surface area (Å²) in [6.45, 7) is 2.86. The number of carbonyl (C=O) groups excluding carboxylic acids is 1. The maximum atomic E-state index is 12.3. The van der Waals surface area contributed by atoms with Gasteiger partial charge in [-0.2, -0.15) is 5.10 Å². The minimum atomic E-state index is -0.403. The molecule has 1 atom stereocenters. The molecule has 3 aromatic rings. The van der Waals surface area contributed by atoms with Crippen molar-refractivity contribution in [3.8, 4) is 17.0 Å². The number of anilines is 1. The molecule has 2 N–H and O–H groups in total. The van der Waals surface area contributed by atoms with Crippen LogP contribution in [-0.2, 0) is 4.74 Å². The van der Waals surface area contributed by atoms with Crippen molar-refractivity contribution in [1.82, 2.24) is 9.58 Å². The molecular formula is C28H32N4O3. The van der Waals surface area contributed by atoms with Crippen molar-refractivity contribution in [3.05, 3.63) is 48.0 Å². The third kappa shape index (κ3) is 4.13. The summed E-state index contributed by atoms with van der Waals surface area (Å²) in [6, 6.07) is 14.1. The minimum Gasteiger partial charge on any atom is -0.508 e. The van der Waals surface area contributed by atoms with Crippen molar-refractivity contribution in [2.45, 2.75) is 57.6 Å². The zero-order valence-electron chi connectivity index (χ0n) is 20.3. The first-order valence-corrected chi connectivity index (χ1v) is 12.7. The molecule has 7 nitrogen and oxygen atoms in total. The van der Waals surface area contributed by atoms with E-state index in [0.29, 0.717) is 17.6 Å². The molecule has 2 aromatic carbocycles. The lowest BCUT2D eigenvalue weighted by Crippen LogP contribution is -2.21. The number of phenolic OH excluding ortho intramolecular Hbond substituents is 1. The Morgan fingerprint density at radius 2 is 1.91 bits per heavy atom. The third-order valence-corrected chi connectivity index (χ3v) is 7.66. The van der Waals surface area contributed by atoms with Crippen molar-refractivity contribution < 1.29 is 14.6 Å². The number of amides is 1. The number of carbonyl (C=O) groups is 1. The van der Waals surface area contributed by atoms with Crippen LogP contribution in [0.15, 0.2) is 47.6 Å². The third-order valence-electron chi connectivity index (χ3n) is 7.66. The van der Waals surface area contributed by atoms with Crippen LogP contribution in [0.3, 0.4) is 0 Å². The van der Waals surface area contributed by atoms with Crippen LogP contribution >= 0.6 is 0 Å². The number of aromatic nitrogens is 1. The molecule has 0 bridgehead atoms. The topological polar surface area (TPSA) is 79.1 Å². The van der Waals surface area contributed by atoms with E-state index in [1.54, 1.807) is 6.07 Å². The summed E-state index contributed by atoms with van der Waals surface area (Å²) in [4.78, 5) is 12.3. The van der Waals surface area contributed by atoms with Gasteiger partial charge in [-0.3, -0.25) is 10.3 Å². The highest BCUT2D eigenvalue weighted by Gasteiger charge is 2.32. The van der Waals surface area contributed by atoms with E-state index in [2.05, 4.69) is 22.0 Å².